The first-order chi connectivity index (χ1) is 8.10. The fraction of sp³-hybridized carbons (Fsp3) is 0.571. The first kappa shape index (κ1) is 13.8. The third kappa shape index (κ3) is 2.55. The van der Waals surface area contributed by atoms with Crippen LogP contribution in [0.5, 0.6) is 11.5 Å². The summed E-state index contributed by atoms with van der Waals surface area (Å²) in [5, 5.41) is 0. The molecule has 0 aliphatic carbocycles. The molecule has 0 radical (unpaired) electrons. The number of benzene rings is 1. The number of rotatable bonds is 5. The van der Waals surface area contributed by atoms with Crippen LogP contribution >= 0.6 is 0 Å². The van der Waals surface area contributed by atoms with Crippen LogP contribution in [-0.4, -0.2) is 20.8 Å². The van der Waals surface area contributed by atoms with E-state index >= 15 is 0 Å². The van der Waals surface area contributed by atoms with Gasteiger partial charge in [-0.3, -0.25) is 0 Å². The number of nitrogens with two attached hydrogens (primary N) is 1. The molecule has 3 nitrogen and oxygen atoms in total. The molecule has 0 fully saturated rings. The molecule has 1 aromatic carbocycles. The van der Waals surface area contributed by atoms with E-state index in [-0.39, 0.29) is 0 Å². The van der Waals surface area contributed by atoms with Crippen LogP contribution in [0.3, 0.4) is 0 Å². The molecule has 0 amide bonds. The molecule has 0 bridgehead atoms. The van der Waals surface area contributed by atoms with Crippen molar-refractivity contribution in [3.05, 3.63) is 22.8 Å². The van der Waals surface area contributed by atoms with Gasteiger partial charge in [-0.2, -0.15) is 0 Å². The second kappa shape index (κ2) is 5.92. The Morgan fingerprint density at radius 2 is 1.82 bits per heavy atom. The fourth-order valence-corrected chi connectivity index (χ4v) is 2.19. The summed E-state index contributed by atoms with van der Waals surface area (Å²) in [6.45, 7) is 6.87. The van der Waals surface area contributed by atoms with Crippen molar-refractivity contribution in [1.29, 1.82) is 0 Å². The number of hydrogen-bond donors (Lipinski definition) is 1. The van der Waals surface area contributed by atoms with Crippen molar-refractivity contribution in [2.75, 3.05) is 20.8 Å². The average molecular weight is 237 g/mol. The first-order valence-electron chi connectivity index (χ1n) is 6.02. The van der Waals surface area contributed by atoms with Crippen LogP contribution < -0.4 is 15.2 Å². The Morgan fingerprint density at radius 1 is 1.18 bits per heavy atom. The number of ether oxygens (including phenoxy) is 2. The Hall–Kier alpha value is -1.22. The maximum absolute atomic E-state index is 5.82. The van der Waals surface area contributed by atoms with Crippen LogP contribution in [0, 0.1) is 13.8 Å². The molecule has 96 valence electrons. The van der Waals surface area contributed by atoms with Crippen LogP contribution in [0.2, 0.25) is 0 Å². The SMILES string of the molecule is CCC(CN)c1cc(OC)c(C)c(C)c1OC. The summed E-state index contributed by atoms with van der Waals surface area (Å²) in [6.07, 6.45) is 0.999. The van der Waals surface area contributed by atoms with Gasteiger partial charge < -0.3 is 15.2 Å². The van der Waals surface area contributed by atoms with Crippen molar-refractivity contribution in [3.63, 3.8) is 0 Å². The lowest BCUT2D eigenvalue weighted by molar-refractivity contribution is 0.389. The average Bonchev–Trinajstić information content (AvgIpc) is 2.35. The van der Waals surface area contributed by atoms with Crippen LogP contribution in [0.4, 0.5) is 0 Å². The minimum absolute atomic E-state index is 0.318. The maximum Gasteiger partial charge on any atom is 0.125 e. The molecule has 1 atom stereocenters. The van der Waals surface area contributed by atoms with Crippen molar-refractivity contribution in [3.8, 4) is 11.5 Å². The molecule has 1 aromatic rings. The molecule has 1 unspecified atom stereocenters. The largest absolute Gasteiger partial charge is 0.496 e. The standard InChI is InChI=1S/C14H23NO2/c1-6-11(8-15)12-7-13(16-4)9(2)10(3)14(12)17-5/h7,11H,6,8,15H2,1-5H3. The van der Waals surface area contributed by atoms with Crippen molar-refractivity contribution in [2.45, 2.75) is 33.1 Å². The van der Waals surface area contributed by atoms with E-state index in [1.165, 1.54) is 0 Å². The highest BCUT2D eigenvalue weighted by atomic mass is 16.5. The summed E-state index contributed by atoms with van der Waals surface area (Å²) in [7, 11) is 3.41. The second-order valence-electron chi connectivity index (χ2n) is 4.29. The van der Waals surface area contributed by atoms with Crippen molar-refractivity contribution < 1.29 is 9.47 Å². The maximum atomic E-state index is 5.82. The van der Waals surface area contributed by atoms with Gasteiger partial charge in [-0.1, -0.05) is 6.92 Å². The summed E-state index contributed by atoms with van der Waals surface area (Å²) in [6, 6.07) is 2.06. The lowest BCUT2D eigenvalue weighted by Crippen LogP contribution is -2.13. The Balaban J connectivity index is 3.41. The lowest BCUT2D eigenvalue weighted by atomic mass is 9.91. The van der Waals surface area contributed by atoms with Gasteiger partial charge in [0.15, 0.2) is 0 Å². The third-order valence-corrected chi connectivity index (χ3v) is 3.46. The van der Waals surface area contributed by atoms with Gasteiger partial charge in [0.05, 0.1) is 14.2 Å². The number of hydrogen-bond acceptors (Lipinski definition) is 3. The highest BCUT2D eigenvalue weighted by molar-refractivity contribution is 5.53. The molecule has 1 rings (SSSR count). The summed E-state index contributed by atoms with van der Waals surface area (Å²) in [5.41, 5.74) is 9.23. The van der Waals surface area contributed by atoms with E-state index < -0.39 is 0 Å². The molecule has 2 N–H and O–H groups in total. The van der Waals surface area contributed by atoms with Gasteiger partial charge in [-0.15, -0.1) is 0 Å². The summed E-state index contributed by atoms with van der Waals surface area (Å²) >= 11 is 0. The van der Waals surface area contributed by atoms with E-state index in [4.69, 9.17) is 15.2 Å². The normalized spacial score (nSPS) is 12.4. The first-order valence-corrected chi connectivity index (χ1v) is 6.02. The predicted molar refractivity (Wildman–Crippen MR) is 71.1 cm³/mol. The Morgan fingerprint density at radius 3 is 2.24 bits per heavy atom. The van der Waals surface area contributed by atoms with Gasteiger partial charge in [0, 0.05) is 5.56 Å². The molecule has 0 heterocycles. The minimum Gasteiger partial charge on any atom is -0.496 e. The van der Waals surface area contributed by atoms with Crippen molar-refractivity contribution in [1.82, 2.24) is 0 Å². The summed E-state index contributed by atoms with van der Waals surface area (Å²) in [5.74, 6) is 2.17. The molecule has 0 aromatic heterocycles. The molecule has 0 spiro atoms. The van der Waals surface area contributed by atoms with Crippen LogP contribution in [0.25, 0.3) is 0 Å². The van der Waals surface area contributed by atoms with E-state index in [2.05, 4.69) is 19.9 Å². The minimum atomic E-state index is 0.318. The zero-order chi connectivity index (χ0) is 13.0. The molecule has 0 saturated carbocycles. The molecular formula is C14H23NO2. The Bertz CT molecular complexity index is 384. The molecule has 3 heteroatoms. The van der Waals surface area contributed by atoms with Gasteiger partial charge in [0.25, 0.3) is 0 Å². The second-order valence-corrected chi connectivity index (χ2v) is 4.29. The highest BCUT2D eigenvalue weighted by Crippen LogP contribution is 2.38. The Labute approximate surface area is 104 Å². The van der Waals surface area contributed by atoms with Crippen molar-refractivity contribution in [2.24, 2.45) is 5.73 Å². The van der Waals surface area contributed by atoms with Crippen LogP contribution in [0.1, 0.15) is 36.0 Å². The molecular weight excluding hydrogens is 214 g/mol. The van der Waals surface area contributed by atoms with Crippen LogP contribution in [-0.2, 0) is 0 Å². The number of methoxy groups -OCH3 is 2. The van der Waals surface area contributed by atoms with E-state index in [1.807, 2.05) is 6.92 Å². The monoisotopic (exact) mass is 237 g/mol. The van der Waals surface area contributed by atoms with Crippen molar-refractivity contribution >= 4 is 0 Å². The van der Waals surface area contributed by atoms with Gasteiger partial charge in [0.2, 0.25) is 0 Å². The van der Waals surface area contributed by atoms with E-state index in [0.29, 0.717) is 12.5 Å². The lowest BCUT2D eigenvalue weighted by Gasteiger charge is -2.21. The van der Waals surface area contributed by atoms with Gasteiger partial charge in [0.1, 0.15) is 11.5 Å². The van der Waals surface area contributed by atoms with E-state index in [9.17, 15) is 0 Å². The van der Waals surface area contributed by atoms with E-state index in [0.717, 1.165) is 34.6 Å². The van der Waals surface area contributed by atoms with E-state index in [1.54, 1.807) is 14.2 Å². The van der Waals surface area contributed by atoms with Gasteiger partial charge in [-0.25, -0.2) is 0 Å². The van der Waals surface area contributed by atoms with Crippen LogP contribution in [0.15, 0.2) is 6.07 Å². The topological polar surface area (TPSA) is 44.5 Å². The molecule has 0 aliphatic heterocycles. The zero-order valence-electron chi connectivity index (χ0n) is 11.5. The van der Waals surface area contributed by atoms with Gasteiger partial charge in [-0.05, 0) is 49.9 Å². The fourth-order valence-electron chi connectivity index (χ4n) is 2.19. The molecule has 0 aliphatic rings. The predicted octanol–water partition coefficient (Wildman–Crippen LogP) is 2.77. The third-order valence-electron chi connectivity index (χ3n) is 3.46. The Kier molecular flexibility index (Phi) is 4.82. The van der Waals surface area contributed by atoms with Gasteiger partial charge >= 0.3 is 0 Å². The highest BCUT2D eigenvalue weighted by Gasteiger charge is 2.19. The quantitative estimate of drug-likeness (QED) is 0.856. The molecule has 17 heavy (non-hydrogen) atoms. The summed E-state index contributed by atoms with van der Waals surface area (Å²) < 4.78 is 10.9. The molecule has 0 saturated heterocycles. The summed E-state index contributed by atoms with van der Waals surface area (Å²) in [4.78, 5) is 0. The zero-order valence-corrected chi connectivity index (χ0v) is 11.5. The smallest absolute Gasteiger partial charge is 0.125 e.